The van der Waals surface area contributed by atoms with Crippen molar-refractivity contribution in [2.45, 2.75) is 12.5 Å². The van der Waals surface area contributed by atoms with Crippen molar-refractivity contribution in [2.75, 3.05) is 26.1 Å². The molecule has 1 atom stereocenters. The minimum Gasteiger partial charge on any atom is -0.497 e. The zero-order chi connectivity index (χ0) is 16.0. The molecule has 0 saturated carbocycles. The van der Waals surface area contributed by atoms with E-state index in [0.29, 0.717) is 17.2 Å². The lowest BCUT2D eigenvalue weighted by atomic mass is 10.1. The zero-order valence-corrected chi connectivity index (χ0v) is 12.0. The second-order valence-electron chi connectivity index (χ2n) is 4.45. The average molecular weight is 298 g/mol. The van der Waals surface area contributed by atoms with Gasteiger partial charge in [-0.1, -0.05) is 0 Å². The molecule has 0 aliphatic heterocycles. The van der Waals surface area contributed by atoms with Crippen molar-refractivity contribution in [2.24, 2.45) is 0 Å². The summed E-state index contributed by atoms with van der Waals surface area (Å²) in [4.78, 5) is 22.4. The molecule has 0 fully saturated rings. The molecule has 1 aromatic rings. The van der Waals surface area contributed by atoms with Crippen LogP contribution in [0.1, 0.15) is 6.92 Å². The molecule has 2 amide bonds. The number of hydrogen-bond acceptors (Lipinski definition) is 5. The molecule has 0 spiro atoms. The monoisotopic (exact) mass is 298 g/mol. The molecular weight excluding hydrogens is 280 g/mol. The molecule has 21 heavy (non-hydrogen) atoms. The van der Waals surface area contributed by atoms with Gasteiger partial charge in [-0.2, -0.15) is 0 Å². The number of rotatable bonds is 6. The summed E-state index contributed by atoms with van der Waals surface area (Å²) < 4.78 is 10.1. The van der Waals surface area contributed by atoms with Crippen LogP contribution in [0.25, 0.3) is 0 Å². The van der Waals surface area contributed by atoms with Crippen LogP contribution in [0.4, 0.5) is 10.5 Å². The number of carboxylic acids is 1. The molecular formula is C13H18N2O6. The Hall–Kier alpha value is -2.48. The van der Waals surface area contributed by atoms with Crippen LogP contribution in [-0.4, -0.2) is 48.6 Å². The second kappa shape index (κ2) is 6.80. The number of carbonyl (C=O) groups excluding carboxylic acids is 1. The van der Waals surface area contributed by atoms with Gasteiger partial charge in [0.25, 0.3) is 0 Å². The van der Waals surface area contributed by atoms with Crippen LogP contribution < -0.4 is 20.1 Å². The SMILES string of the molecule is COc1ccc(NC(=O)NCC(C)(O)C(=O)O)c(OC)c1. The van der Waals surface area contributed by atoms with E-state index in [1.165, 1.54) is 14.2 Å². The van der Waals surface area contributed by atoms with Crippen LogP contribution in [0.15, 0.2) is 18.2 Å². The first-order valence-corrected chi connectivity index (χ1v) is 6.03. The van der Waals surface area contributed by atoms with Crippen LogP contribution in [0.5, 0.6) is 11.5 Å². The number of benzene rings is 1. The molecule has 0 radical (unpaired) electrons. The maximum absolute atomic E-state index is 11.7. The van der Waals surface area contributed by atoms with Gasteiger partial charge in [0.2, 0.25) is 0 Å². The number of methoxy groups -OCH3 is 2. The van der Waals surface area contributed by atoms with E-state index in [1.807, 2.05) is 0 Å². The van der Waals surface area contributed by atoms with E-state index in [2.05, 4.69) is 10.6 Å². The first-order valence-electron chi connectivity index (χ1n) is 6.03. The van der Waals surface area contributed by atoms with Gasteiger partial charge in [0.05, 0.1) is 26.5 Å². The molecule has 1 aromatic carbocycles. The Balaban J connectivity index is 2.69. The molecule has 0 aliphatic rings. The van der Waals surface area contributed by atoms with Gasteiger partial charge in [0.15, 0.2) is 5.60 Å². The summed E-state index contributed by atoms with van der Waals surface area (Å²) in [5.41, 5.74) is -1.66. The van der Waals surface area contributed by atoms with Crippen LogP contribution in [0, 0.1) is 0 Å². The van der Waals surface area contributed by atoms with Crippen molar-refractivity contribution in [1.82, 2.24) is 5.32 Å². The van der Waals surface area contributed by atoms with E-state index in [4.69, 9.17) is 14.6 Å². The summed E-state index contributed by atoms with van der Waals surface area (Å²) in [6.45, 7) is 0.649. The lowest BCUT2D eigenvalue weighted by Crippen LogP contribution is -2.47. The number of carboxylic acid groups (broad SMARTS) is 1. The standard InChI is InChI=1S/C13H18N2O6/c1-13(19,11(16)17)7-14-12(18)15-9-5-4-8(20-2)6-10(9)21-3/h4-6,19H,7H2,1-3H3,(H,16,17)(H2,14,15,18). The topological polar surface area (TPSA) is 117 Å². The predicted octanol–water partition coefficient (Wildman–Crippen LogP) is 0.661. The fourth-order valence-electron chi connectivity index (χ4n) is 1.40. The van der Waals surface area contributed by atoms with Gasteiger partial charge < -0.3 is 30.3 Å². The summed E-state index contributed by atoms with van der Waals surface area (Å²) >= 11 is 0. The lowest BCUT2D eigenvalue weighted by Gasteiger charge is -2.19. The molecule has 1 rings (SSSR count). The van der Waals surface area contributed by atoms with Gasteiger partial charge in [0.1, 0.15) is 11.5 Å². The van der Waals surface area contributed by atoms with Crippen LogP contribution in [0.2, 0.25) is 0 Å². The quantitative estimate of drug-likeness (QED) is 0.613. The molecule has 8 nitrogen and oxygen atoms in total. The Labute approximate surface area is 121 Å². The van der Waals surface area contributed by atoms with Crippen LogP contribution in [-0.2, 0) is 4.79 Å². The molecule has 0 bridgehead atoms. The number of aliphatic carboxylic acids is 1. The van der Waals surface area contributed by atoms with Gasteiger partial charge in [-0.15, -0.1) is 0 Å². The molecule has 8 heteroatoms. The van der Waals surface area contributed by atoms with Crippen molar-refractivity contribution >= 4 is 17.7 Å². The summed E-state index contributed by atoms with van der Waals surface area (Å²) in [7, 11) is 2.94. The molecule has 0 heterocycles. The van der Waals surface area contributed by atoms with Gasteiger partial charge in [0, 0.05) is 6.07 Å². The van der Waals surface area contributed by atoms with Crippen molar-refractivity contribution in [3.05, 3.63) is 18.2 Å². The van der Waals surface area contributed by atoms with Crippen molar-refractivity contribution < 1.29 is 29.3 Å². The van der Waals surface area contributed by atoms with E-state index < -0.39 is 24.1 Å². The maximum Gasteiger partial charge on any atom is 0.337 e. The van der Waals surface area contributed by atoms with Crippen molar-refractivity contribution in [1.29, 1.82) is 0 Å². The fourth-order valence-corrected chi connectivity index (χ4v) is 1.40. The Bertz CT molecular complexity index is 529. The predicted molar refractivity (Wildman–Crippen MR) is 74.8 cm³/mol. The molecule has 0 saturated heterocycles. The van der Waals surface area contributed by atoms with E-state index in [9.17, 15) is 14.7 Å². The van der Waals surface area contributed by atoms with Crippen LogP contribution in [0.3, 0.4) is 0 Å². The Morgan fingerprint density at radius 1 is 1.29 bits per heavy atom. The highest BCUT2D eigenvalue weighted by Gasteiger charge is 2.30. The second-order valence-corrected chi connectivity index (χ2v) is 4.45. The number of nitrogens with one attached hydrogen (secondary N) is 2. The zero-order valence-electron chi connectivity index (χ0n) is 12.0. The largest absolute Gasteiger partial charge is 0.497 e. The summed E-state index contributed by atoms with van der Waals surface area (Å²) in [6.07, 6.45) is 0. The van der Waals surface area contributed by atoms with Crippen molar-refractivity contribution in [3.63, 3.8) is 0 Å². The van der Waals surface area contributed by atoms with Crippen molar-refractivity contribution in [3.8, 4) is 11.5 Å². The number of hydrogen-bond donors (Lipinski definition) is 4. The third-order valence-electron chi connectivity index (χ3n) is 2.71. The number of carbonyl (C=O) groups is 2. The Kier molecular flexibility index (Phi) is 5.37. The van der Waals surface area contributed by atoms with Gasteiger partial charge in [-0.05, 0) is 19.1 Å². The average Bonchev–Trinajstić information content (AvgIpc) is 2.45. The maximum atomic E-state index is 11.7. The van der Waals surface area contributed by atoms with Gasteiger partial charge in [-0.25, -0.2) is 9.59 Å². The van der Waals surface area contributed by atoms with Gasteiger partial charge in [-0.3, -0.25) is 0 Å². The molecule has 0 aromatic heterocycles. The molecule has 116 valence electrons. The van der Waals surface area contributed by atoms with Gasteiger partial charge >= 0.3 is 12.0 Å². The Morgan fingerprint density at radius 2 is 1.95 bits per heavy atom. The minimum absolute atomic E-state index is 0.380. The highest BCUT2D eigenvalue weighted by Crippen LogP contribution is 2.28. The summed E-state index contributed by atoms with van der Waals surface area (Å²) in [5.74, 6) is -0.481. The summed E-state index contributed by atoms with van der Waals surface area (Å²) in [6, 6.07) is 4.13. The highest BCUT2D eigenvalue weighted by atomic mass is 16.5. The number of amides is 2. The number of aliphatic hydroxyl groups is 1. The number of anilines is 1. The summed E-state index contributed by atoms with van der Waals surface area (Å²) in [5, 5.41) is 23.0. The van der Waals surface area contributed by atoms with Crippen LogP contribution >= 0.6 is 0 Å². The first-order chi connectivity index (χ1) is 9.80. The fraction of sp³-hybridized carbons (Fsp3) is 0.385. The first kappa shape index (κ1) is 16.6. The third kappa shape index (κ3) is 4.53. The minimum atomic E-state index is -2.04. The third-order valence-corrected chi connectivity index (χ3v) is 2.71. The van der Waals surface area contributed by atoms with E-state index >= 15 is 0 Å². The number of ether oxygens (including phenoxy) is 2. The van der Waals surface area contributed by atoms with E-state index in [0.717, 1.165) is 6.92 Å². The Morgan fingerprint density at radius 3 is 2.48 bits per heavy atom. The normalized spacial score (nSPS) is 13.0. The highest BCUT2D eigenvalue weighted by molar-refractivity contribution is 5.91. The lowest BCUT2D eigenvalue weighted by molar-refractivity contribution is -0.155. The molecule has 0 aliphatic carbocycles. The smallest absolute Gasteiger partial charge is 0.337 e. The number of urea groups is 1. The molecule has 4 N–H and O–H groups in total. The van der Waals surface area contributed by atoms with E-state index in [-0.39, 0.29) is 0 Å². The van der Waals surface area contributed by atoms with E-state index in [1.54, 1.807) is 18.2 Å². The molecule has 1 unspecified atom stereocenters.